The molecule has 0 aliphatic carbocycles. The minimum atomic E-state index is -0.167. The van der Waals surface area contributed by atoms with Gasteiger partial charge in [-0.1, -0.05) is 12.1 Å². The van der Waals surface area contributed by atoms with Crippen LogP contribution in [0.25, 0.3) is 0 Å². The quantitative estimate of drug-likeness (QED) is 0.847. The number of hydrogen-bond donors (Lipinski definition) is 1. The van der Waals surface area contributed by atoms with E-state index in [2.05, 4.69) is 36.9 Å². The summed E-state index contributed by atoms with van der Waals surface area (Å²) in [7, 11) is 0. The topological polar surface area (TPSA) is 46.3 Å². The highest BCUT2D eigenvalue weighted by molar-refractivity contribution is 5.77. The monoisotopic (exact) mass is 232 g/mol. The van der Waals surface area contributed by atoms with Crippen molar-refractivity contribution in [3.63, 3.8) is 0 Å². The summed E-state index contributed by atoms with van der Waals surface area (Å²) in [6.07, 6.45) is 1.97. The number of benzene rings is 1. The number of carbonyl (C=O) groups excluding carboxylic acids is 1. The van der Waals surface area contributed by atoms with Gasteiger partial charge < -0.3 is 10.6 Å². The molecule has 3 heteroatoms. The van der Waals surface area contributed by atoms with Gasteiger partial charge in [-0.25, -0.2) is 0 Å². The molecule has 1 heterocycles. The highest BCUT2D eigenvalue weighted by Gasteiger charge is 2.24. The molecule has 2 rings (SSSR count). The lowest BCUT2D eigenvalue weighted by molar-refractivity contribution is -0.122. The number of rotatable bonds is 2. The van der Waals surface area contributed by atoms with Crippen LogP contribution in [0.1, 0.15) is 24.0 Å². The van der Waals surface area contributed by atoms with Gasteiger partial charge in [-0.2, -0.15) is 0 Å². The maximum absolute atomic E-state index is 11.3. The first-order valence-electron chi connectivity index (χ1n) is 6.19. The number of amides is 1. The first-order chi connectivity index (χ1) is 8.08. The van der Waals surface area contributed by atoms with E-state index in [9.17, 15) is 4.79 Å². The second kappa shape index (κ2) is 4.78. The Kier molecular flexibility index (Phi) is 3.36. The summed E-state index contributed by atoms with van der Waals surface area (Å²) in [6.45, 7) is 5.99. The Morgan fingerprint density at radius 3 is 2.88 bits per heavy atom. The van der Waals surface area contributed by atoms with Crippen LogP contribution in [0.4, 0.5) is 5.69 Å². The van der Waals surface area contributed by atoms with Crippen molar-refractivity contribution in [3.8, 4) is 0 Å². The highest BCUT2D eigenvalue weighted by Crippen LogP contribution is 2.26. The third-order valence-corrected chi connectivity index (χ3v) is 3.53. The Labute approximate surface area is 103 Å². The van der Waals surface area contributed by atoms with E-state index < -0.39 is 0 Å². The number of nitrogens with two attached hydrogens (primary N) is 1. The number of aryl methyl sites for hydroxylation is 2. The third-order valence-electron chi connectivity index (χ3n) is 3.53. The molecule has 1 saturated heterocycles. The average Bonchev–Trinajstić information content (AvgIpc) is 2.32. The van der Waals surface area contributed by atoms with E-state index in [0.717, 1.165) is 25.9 Å². The van der Waals surface area contributed by atoms with Gasteiger partial charge in [0.25, 0.3) is 0 Å². The van der Waals surface area contributed by atoms with Crippen LogP contribution >= 0.6 is 0 Å². The fraction of sp³-hybridized carbons (Fsp3) is 0.500. The number of carbonyl (C=O) groups is 1. The first-order valence-corrected chi connectivity index (χ1v) is 6.19. The van der Waals surface area contributed by atoms with Crippen LogP contribution in [0.2, 0.25) is 0 Å². The Balaban J connectivity index is 2.21. The Morgan fingerprint density at radius 1 is 1.41 bits per heavy atom. The summed E-state index contributed by atoms with van der Waals surface area (Å²) in [5, 5.41) is 0. The summed E-state index contributed by atoms with van der Waals surface area (Å²) >= 11 is 0. The van der Waals surface area contributed by atoms with Crippen LogP contribution in [0, 0.1) is 19.8 Å². The zero-order valence-electron chi connectivity index (χ0n) is 10.6. The zero-order valence-corrected chi connectivity index (χ0v) is 10.6. The van der Waals surface area contributed by atoms with Crippen LogP contribution in [-0.4, -0.2) is 19.0 Å². The summed E-state index contributed by atoms with van der Waals surface area (Å²) in [6, 6.07) is 6.45. The van der Waals surface area contributed by atoms with Crippen LogP contribution in [0.5, 0.6) is 0 Å². The maximum atomic E-state index is 11.3. The van der Waals surface area contributed by atoms with Crippen LogP contribution < -0.4 is 10.6 Å². The van der Waals surface area contributed by atoms with Crippen LogP contribution in [-0.2, 0) is 4.79 Å². The van der Waals surface area contributed by atoms with Gasteiger partial charge in [-0.05, 0) is 43.9 Å². The second-order valence-electron chi connectivity index (χ2n) is 4.98. The van der Waals surface area contributed by atoms with Crippen LogP contribution in [0.3, 0.4) is 0 Å². The first kappa shape index (κ1) is 12.0. The minimum Gasteiger partial charge on any atom is -0.371 e. The van der Waals surface area contributed by atoms with Crippen molar-refractivity contribution in [2.24, 2.45) is 11.7 Å². The van der Waals surface area contributed by atoms with Crippen molar-refractivity contribution >= 4 is 11.6 Å². The molecule has 17 heavy (non-hydrogen) atoms. The molecular formula is C14H20N2O. The lowest BCUT2D eigenvalue weighted by Crippen LogP contribution is -2.41. The molecule has 92 valence electrons. The molecule has 0 saturated carbocycles. The Bertz CT molecular complexity index is 428. The molecular weight excluding hydrogens is 212 g/mol. The molecule has 0 aromatic heterocycles. The van der Waals surface area contributed by atoms with Crippen molar-refractivity contribution < 1.29 is 4.79 Å². The van der Waals surface area contributed by atoms with Gasteiger partial charge in [-0.15, -0.1) is 0 Å². The molecule has 3 nitrogen and oxygen atoms in total. The van der Waals surface area contributed by atoms with Gasteiger partial charge in [0, 0.05) is 18.8 Å². The van der Waals surface area contributed by atoms with Crippen molar-refractivity contribution in [1.82, 2.24) is 0 Å². The Morgan fingerprint density at radius 2 is 2.18 bits per heavy atom. The molecule has 1 atom stereocenters. The minimum absolute atomic E-state index is 0.00339. The molecule has 1 fully saturated rings. The van der Waals surface area contributed by atoms with Crippen molar-refractivity contribution in [3.05, 3.63) is 29.3 Å². The predicted octanol–water partition coefficient (Wildman–Crippen LogP) is 2.01. The third kappa shape index (κ3) is 2.60. The molecule has 1 amide bonds. The van der Waals surface area contributed by atoms with Gasteiger partial charge in [0.15, 0.2) is 0 Å². The lowest BCUT2D eigenvalue weighted by Gasteiger charge is -2.34. The smallest absolute Gasteiger partial charge is 0.222 e. The van der Waals surface area contributed by atoms with Gasteiger partial charge in [-0.3, -0.25) is 4.79 Å². The summed E-state index contributed by atoms with van der Waals surface area (Å²) < 4.78 is 0. The van der Waals surface area contributed by atoms with E-state index in [-0.39, 0.29) is 11.8 Å². The number of anilines is 1. The number of hydrogen-bond acceptors (Lipinski definition) is 2. The summed E-state index contributed by atoms with van der Waals surface area (Å²) in [5.41, 5.74) is 9.18. The molecule has 1 aliphatic heterocycles. The molecule has 2 N–H and O–H groups in total. The van der Waals surface area contributed by atoms with Crippen LogP contribution in [0.15, 0.2) is 18.2 Å². The molecule has 0 bridgehead atoms. The van der Waals surface area contributed by atoms with E-state index in [1.54, 1.807) is 0 Å². The SMILES string of the molecule is Cc1ccc(C)c(N2CCCC(C(N)=O)C2)c1. The van der Waals surface area contributed by atoms with Gasteiger partial charge in [0.1, 0.15) is 0 Å². The zero-order chi connectivity index (χ0) is 12.4. The van der Waals surface area contributed by atoms with E-state index in [1.165, 1.54) is 16.8 Å². The molecule has 1 aromatic rings. The number of piperidine rings is 1. The van der Waals surface area contributed by atoms with Crippen molar-refractivity contribution in [1.29, 1.82) is 0 Å². The second-order valence-corrected chi connectivity index (χ2v) is 4.98. The van der Waals surface area contributed by atoms with Gasteiger partial charge in [0.05, 0.1) is 5.92 Å². The molecule has 0 spiro atoms. The molecule has 1 unspecified atom stereocenters. The van der Waals surface area contributed by atoms with Gasteiger partial charge >= 0.3 is 0 Å². The largest absolute Gasteiger partial charge is 0.371 e. The van der Waals surface area contributed by atoms with E-state index in [0.29, 0.717) is 0 Å². The molecule has 1 aromatic carbocycles. The Hall–Kier alpha value is -1.51. The standard InChI is InChI=1S/C14H20N2O/c1-10-5-6-11(2)13(8-10)16-7-3-4-12(9-16)14(15)17/h5-6,8,12H,3-4,7,9H2,1-2H3,(H2,15,17). The summed E-state index contributed by atoms with van der Waals surface area (Å²) in [5.74, 6) is -0.163. The maximum Gasteiger partial charge on any atom is 0.222 e. The summed E-state index contributed by atoms with van der Waals surface area (Å²) in [4.78, 5) is 13.6. The lowest BCUT2D eigenvalue weighted by atomic mass is 9.96. The van der Waals surface area contributed by atoms with E-state index >= 15 is 0 Å². The predicted molar refractivity (Wildman–Crippen MR) is 70.0 cm³/mol. The fourth-order valence-corrected chi connectivity index (χ4v) is 2.49. The van der Waals surface area contributed by atoms with E-state index in [4.69, 9.17) is 5.73 Å². The van der Waals surface area contributed by atoms with Gasteiger partial charge in [0.2, 0.25) is 5.91 Å². The number of primary amides is 1. The molecule has 1 aliphatic rings. The number of nitrogens with zero attached hydrogens (tertiary/aromatic N) is 1. The normalized spacial score (nSPS) is 20.4. The van der Waals surface area contributed by atoms with Crippen molar-refractivity contribution in [2.75, 3.05) is 18.0 Å². The van der Waals surface area contributed by atoms with E-state index in [1.807, 2.05) is 0 Å². The van der Waals surface area contributed by atoms with Crippen molar-refractivity contribution in [2.45, 2.75) is 26.7 Å². The molecule has 0 radical (unpaired) electrons. The fourth-order valence-electron chi connectivity index (χ4n) is 2.49. The average molecular weight is 232 g/mol. The highest BCUT2D eigenvalue weighted by atomic mass is 16.1.